The molecule has 0 aliphatic carbocycles. The quantitative estimate of drug-likeness (QED) is 0.650. The Hall–Kier alpha value is -1.36. The van der Waals surface area contributed by atoms with Gasteiger partial charge in [-0.25, -0.2) is 0 Å². The summed E-state index contributed by atoms with van der Waals surface area (Å²) in [7, 11) is -3.92. The van der Waals surface area contributed by atoms with Crippen molar-refractivity contribution in [2.24, 2.45) is 5.73 Å². The summed E-state index contributed by atoms with van der Waals surface area (Å²) in [6, 6.07) is 5.95. The third-order valence-electron chi connectivity index (χ3n) is 2.05. The van der Waals surface area contributed by atoms with E-state index in [4.69, 9.17) is 22.7 Å². The van der Waals surface area contributed by atoms with E-state index in [-0.39, 0.29) is 16.5 Å². The molecule has 17 heavy (non-hydrogen) atoms. The molecule has 1 rings (SSSR count). The van der Waals surface area contributed by atoms with E-state index in [1.807, 2.05) is 0 Å². The summed E-state index contributed by atoms with van der Waals surface area (Å²) in [4.78, 5) is -0.100. The van der Waals surface area contributed by atoms with Crippen molar-refractivity contribution in [3.63, 3.8) is 0 Å². The summed E-state index contributed by atoms with van der Waals surface area (Å²) in [5, 5.41) is 11.6. The van der Waals surface area contributed by atoms with Gasteiger partial charge in [0.05, 0.1) is 9.44 Å². The topological polar surface area (TPSA) is 91.5 Å². The highest BCUT2D eigenvalue weighted by atomic mass is 35.5. The summed E-state index contributed by atoms with van der Waals surface area (Å²) in [5.41, 5.74) is 5.27. The molecule has 0 aromatic heterocycles. The van der Waals surface area contributed by atoms with E-state index in [1.165, 1.54) is 18.2 Å². The van der Waals surface area contributed by atoms with Gasteiger partial charge in [-0.1, -0.05) is 23.7 Å². The largest absolute Gasteiger partial charge is 0.330 e. The normalized spacial score (nSPS) is 10.9. The number of nitrogens with two attached hydrogens (primary N) is 1. The van der Waals surface area contributed by atoms with Gasteiger partial charge in [0.25, 0.3) is 5.39 Å². The molecule has 8 heteroatoms. The maximum atomic E-state index is 12.0. The van der Waals surface area contributed by atoms with E-state index in [1.54, 1.807) is 6.07 Å². The number of benzene rings is 1. The molecule has 0 radical (unpaired) electrons. The Morgan fingerprint density at radius 3 is 2.59 bits per heavy atom. The molecular formula is C9H12ClN4O2S+. The van der Waals surface area contributed by atoms with Crippen LogP contribution in [-0.2, 0) is 10.0 Å². The molecule has 0 unspecified atom stereocenters. The van der Waals surface area contributed by atoms with Crippen molar-refractivity contribution >= 4 is 21.6 Å². The molecule has 0 aliphatic rings. The molecule has 0 atom stereocenters. The average Bonchev–Trinajstić information content (AvgIpc) is 2.30. The molecule has 0 aliphatic heterocycles. The smallest absolute Gasteiger partial charge is 0.327 e. The Bertz CT molecular complexity index is 526. The minimum Gasteiger partial charge on any atom is -0.330 e. The molecule has 0 saturated carbocycles. The average molecular weight is 276 g/mol. The van der Waals surface area contributed by atoms with Gasteiger partial charge < -0.3 is 5.73 Å². The van der Waals surface area contributed by atoms with E-state index in [0.717, 1.165) is 0 Å². The first kappa shape index (κ1) is 13.7. The maximum Gasteiger partial charge on any atom is 0.327 e. The van der Waals surface area contributed by atoms with Crippen LogP contribution in [0, 0.1) is 5.39 Å². The number of hydrogen-bond donors (Lipinski definition) is 1. The molecular weight excluding hydrogens is 264 g/mol. The van der Waals surface area contributed by atoms with Crippen molar-refractivity contribution in [2.75, 3.05) is 13.1 Å². The molecule has 1 aromatic rings. The van der Waals surface area contributed by atoms with Crippen LogP contribution in [0.3, 0.4) is 0 Å². The monoisotopic (exact) mass is 275 g/mol. The number of halogens is 1. The Balaban J connectivity index is 3.10. The van der Waals surface area contributed by atoms with Crippen molar-refractivity contribution in [2.45, 2.75) is 11.3 Å². The standard InChI is InChI=1S/C9H12ClN4O2S/c10-8-4-1-2-5-9(8)17(15,16)14(13-12)7-3-6-11/h1-2,4-5H,3,6-7,11H2/q+1. The second-order valence-corrected chi connectivity index (χ2v) is 5.43. The van der Waals surface area contributed by atoms with E-state index in [2.05, 4.69) is 5.08 Å². The van der Waals surface area contributed by atoms with Gasteiger partial charge in [-0.05, 0) is 25.1 Å². The summed E-state index contributed by atoms with van der Waals surface area (Å²) in [5.74, 6) is 0. The predicted octanol–water partition coefficient (Wildman–Crippen LogP) is 1.45. The minimum absolute atomic E-state index is 0.000552. The third-order valence-corrected chi connectivity index (χ3v) is 4.21. The summed E-state index contributed by atoms with van der Waals surface area (Å²) >= 11 is 5.79. The molecule has 0 heterocycles. The van der Waals surface area contributed by atoms with Crippen LogP contribution < -0.4 is 5.73 Å². The van der Waals surface area contributed by atoms with Gasteiger partial charge in [0.2, 0.25) is 0 Å². The van der Waals surface area contributed by atoms with Crippen LogP contribution in [-0.4, -0.2) is 25.9 Å². The molecule has 0 amide bonds. The second kappa shape index (κ2) is 5.82. The minimum atomic E-state index is -3.92. The van der Waals surface area contributed by atoms with Gasteiger partial charge in [0, 0.05) is 0 Å². The van der Waals surface area contributed by atoms with Gasteiger partial charge in [-0.15, -0.1) is 0 Å². The number of diazo groups is 1. The number of hydrogen-bond acceptors (Lipinski definition) is 4. The van der Waals surface area contributed by atoms with E-state index in [9.17, 15) is 8.42 Å². The van der Waals surface area contributed by atoms with Crippen LogP contribution >= 0.6 is 11.6 Å². The van der Waals surface area contributed by atoms with Crippen molar-refractivity contribution in [3.05, 3.63) is 34.4 Å². The lowest BCUT2D eigenvalue weighted by Crippen LogP contribution is -2.27. The SMILES string of the molecule is N#[N+]N(CCCN)S(=O)(=O)c1ccccc1Cl. The predicted molar refractivity (Wildman–Crippen MR) is 64.1 cm³/mol. The zero-order valence-electron chi connectivity index (χ0n) is 8.95. The number of rotatable bonds is 5. The zero-order valence-corrected chi connectivity index (χ0v) is 10.5. The fourth-order valence-corrected chi connectivity index (χ4v) is 2.89. The summed E-state index contributed by atoms with van der Waals surface area (Å²) < 4.78 is 24.6. The molecule has 92 valence electrons. The lowest BCUT2D eigenvalue weighted by molar-refractivity contribution is 0.482. The lowest BCUT2D eigenvalue weighted by Gasteiger charge is -2.06. The molecule has 0 spiro atoms. The van der Waals surface area contributed by atoms with Crippen LogP contribution in [0.5, 0.6) is 0 Å². The van der Waals surface area contributed by atoms with Gasteiger partial charge in [-0.3, -0.25) is 0 Å². The Morgan fingerprint density at radius 1 is 1.41 bits per heavy atom. The van der Waals surface area contributed by atoms with Gasteiger partial charge in [0.15, 0.2) is 0 Å². The summed E-state index contributed by atoms with van der Waals surface area (Å²) in [6.45, 7) is 0.296. The lowest BCUT2D eigenvalue weighted by atomic mass is 10.4. The van der Waals surface area contributed by atoms with Gasteiger partial charge in [0.1, 0.15) is 11.4 Å². The van der Waals surface area contributed by atoms with E-state index < -0.39 is 10.0 Å². The van der Waals surface area contributed by atoms with Crippen molar-refractivity contribution < 1.29 is 8.42 Å². The van der Waals surface area contributed by atoms with Gasteiger partial charge >= 0.3 is 15.1 Å². The molecule has 0 saturated heterocycles. The zero-order chi connectivity index (χ0) is 12.9. The van der Waals surface area contributed by atoms with Crippen molar-refractivity contribution in [1.29, 1.82) is 5.39 Å². The fraction of sp³-hybridized carbons (Fsp3) is 0.333. The van der Waals surface area contributed by atoms with Crippen LogP contribution in [0.1, 0.15) is 6.42 Å². The molecule has 1 aromatic carbocycles. The van der Waals surface area contributed by atoms with Crippen LogP contribution in [0.15, 0.2) is 29.2 Å². The first-order chi connectivity index (χ1) is 8.04. The Labute approximate surface area is 105 Å². The third kappa shape index (κ3) is 3.06. The van der Waals surface area contributed by atoms with E-state index in [0.29, 0.717) is 17.4 Å². The number of nitrogens with zero attached hydrogens (tertiary/aromatic N) is 3. The molecule has 0 fully saturated rings. The van der Waals surface area contributed by atoms with Crippen LogP contribution in [0.25, 0.3) is 5.08 Å². The maximum absolute atomic E-state index is 12.0. The first-order valence-electron chi connectivity index (χ1n) is 4.86. The highest BCUT2D eigenvalue weighted by Crippen LogP contribution is 2.24. The van der Waals surface area contributed by atoms with Crippen molar-refractivity contribution in [1.82, 2.24) is 4.41 Å². The Kier molecular flexibility index (Phi) is 4.69. The molecule has 6 nitrogen and oxygen atoms in total. The van der Waals surface area contributed by atoms with Crippen molar-refractivity contribution in [3.8, 4) is 0 Å². The first-order valence-corrected chi connectivity index (χ1v) is 6.68. The Morgan fingerprint density at radius 2 is 2.06 bits per heavy atom. The van der Waals surface area contributed by atoms with Gasteiger partial charge in [-0.2, -0.15) is 8.42 Å². The highest BCUT2D eigenvalue weighted by molar-refractivity contribution is 7.89. The van der Waals surface area contributed by atoms with Crippen LogP contribution in [0.4, 0.5) is 0 Å². The highest BCUT2D eigenvalue weighted by Gasteiger charge is 2.34. The second-order valence-electron chi connectivity index (χ2n) is 3.21. The number of sulfonamides is 1. The summed E-state index contributed by atoms with van der Waals surface area (Å²) in [6.07, 6.45) is 0.383. The van der Waals surface area contributed by atoms with E-state index >= 15 is 0 Å². The molecule has 0 bridgehead atoms. The van der Waals surface area contributed by atoms with Crippen LogP contribution in [0.2, 0.25) is 5.02 Å². The molecule has 2 N–H and O–H groups in total. The fourth-order valence-electron chi connectivity index (χ4n) is 1.21.